The molecule has 2 rings (SSSR count). The Morgan fingerprint density at radius 1 is 1.45 bits per heavy atom. The van der Waals surface area contributed by atoms with E-state index in [4.69, 9.17) is 4.74 Å². The molecule has 0 saturated heterocycles. The Hall–Kier alpha value is -2.02. The van der Waals surface area contributed by atoms with Crippen LogP contribution in [0.3, 0.4) is 0 Å². The number of nitrogens with zero attached hydrogens (tertiary/aromatic N) is 1. The van der Waals surface area contributed by atoms with Crippen molar-refractivity contribution < 1.29 is 18.3 Å². The molecule has 2 aromatic rings. The number of thiazole rings is 1. The third-order valence-corrected chi connectivity index (χ3v) is 3.23. The first kappa shape index (κ1) is 14.4. The number of nitrogens with one attached hydrogen (secondary N) is 1. The molecule has 7 heteroatoms. The zero-order valence-corrected chi connectivity index (χ0v) is 11.5. The van der Waals surface area contributed by atoms with E-state index in [1.165, 1.54) is 23.5 Å². The summed E-state index contributed by atoms with van der Waals surface area (Å²) in [4.78, 5) is 15.4. The van der Waals surface area contributed by atoms with Crippen LogP contribution in [0.5, 0.6) is 0 Å². The fourth-order valence-electron chi connectivity index (χ4n) is 1.49. The van der Waals surface area contributed by atoms with E-state index < -0.39 is 17.6 Å². The maximum Gasteiger partial charge on any atom is 0.357 e. The minimum Gasteiger partial charge on any atom is -0.461 e. The Kier molecular flexibility index (Phi) is 4.62. The number of ether oxygens (including phenoxy) is 1. The van der Waals surface area contributed by atoms with Gasteiger partial charge in [0.15, 0.2) is 10.8 Å². The average Bonchev–Trinajstić information content (AvgIpc) is 2.87. The number of benzene rings is 1. The van der Waals surface area contributed by atoms with Gasteiger partial charge in [0.2, 0.25) is 0 Å². The third-order valence-electron chi connectivity index (χ3n) is 2.43. The van der Waals surface area contributed by atoms with Crippen molar-refractivity contribution in [1.29, 1.82) is 0 Å². The summed E-state index contributed by atoms with van der Waals surface area (Å²) in [6.45, 7) is 2.14. The van der Waals surface area contributed by atoms with Crippen LogP contribution in [-0.4, -0.2) is 17.6 Å². The normalized spacial score (nSPS) is 10.3. The van der Waals surface area contributed by atoms with Gasteiger partial charge in [-0.05, 0) is 13.0 Å². The number of halogens is 2. The molecular formula is C13H12F2N2O2S. The predicted octanol–water partition coefficient (Wildman–Crippen LogP) is 3.21. The van der Waals surface area contributed by atoms with Crippen molar-refractivity contribution in [3.05, 3.63) is 46.5 Å². The maximum absolute atomic E-state index is 13.4. The van der Waals surface area contributed by atoms with Crippen molar-refractivity contribution in [2.24, 2.45) is 0 Å². The first-order valence-electron chi connectivity index (χ1n) is 5.90. The van der Waals surface area contributed by atoms with E-state index in [9.17, 15) is 13.6 Å². The van der Waals surface area contributed by atoms with Gasteiger partial charge in [-0.2, -0.15) is 0 Å². The van der Waals surface area contributed by atoms with Gasteiger partial charge in [0.25, 0.3) is 0 Å². The number of esters is 1. The lowest BCUT2D eigenvalue weighted by molar-refractivity contribution is 0.0520. The summed E-state index contributed by atoms with van der Waals surface area (Å²) in [5, 5.41) is 4.90. The summed E-state index contributed by atoms with van der Waals surface area (Å²) in [6.07, 6.45) is 0. The van der Waals surface area contributed by atoms with E-state index in [-0.39, 0.29) is 18.8 Å². The molecule has 106 valence electrons. The van der Waals surface area contributed by atoms with E-state index in [1.807, 2.05) is 0 Å². The number of rotatable bonds is 5. The van der Waals surface area contributed by atoms with E-state index in [1.54, 1.807) is 12.3 Å². The molecular weight excluding hydrogens is 286 g/mol. The summed E-state index contributed by atoms with van der Waals surface area (Å²) in [6, 6.07) is 3.37. The lowest BCUT2D eigenvalue weighted by atomic mass is 10.2. The van der Waals surface area contributed by atoms with E-state index >= 15 is 0 Å². The number of anilines is 1. The lowest BCUT2D eigenvalue weighted by Gasteiger charge is -2.04. The topological polar surface area (TPSA) is 51.2 Å². The first-order chi connectivity index (χ1) is 9.60. The van der Waals surface area contributed by atoms with Crippen LogP contribution in [-0.2, 0) is 11.3 Å². The smallest absolute Gasteiger partial charge is 0.357 e. The highest BCUT2D eigenvalue weighted by molar-refractivity contribution is 7.13. The third kappa shape index (κ3) is 3.51. The summed E-state index contributed by atoms with van der Waals surface area (Å²) < 4.78 is 31.0. The molecule has 0 fully saturated rings. The van der Waals surface area contributed by atoms with Crippen molar-refractivity contribution >= 4 is 22.4 Å². The van der Waals surface area contributed by atoms with Gasteiger partial charge in [0, 0.05) is 23.6 Å². The molecule has 0 amide bonds. The van der Waals surface area contributed by atoms with Gasteiger partial charge in [0.1, 0.15) is 11.6 Å². The molecule has 20 heavy (non-hydrogen) atoms. The first-order valence-corrected chi connectivity index (χ1v) is 6.78. The molecule has 4 nitrogen and oxygen atoms in total. The molecule has 0 spiro atoms. The van der Waals surface area contributed by atoms with Gasteiger partial charge in [-0.15, -0.1) is 11.3 Å². The van der Waals surface area contributed by atoms with E-state index in [0.717, 1.165) is 6.07 Å². The molecule has 1 aromatic carbocycles. The predicted molar refractivity (Wildman–Crippen MR) is 71.8 cm³/mol. The summed E-state index contributed by atoms with van der Waals surface area (Å²) in [7, 11) is 0. The van der Waals surface area contributed by atoms with Gasteiger partial charge in [-0.3, -0.25) is 0 Å². The van der Waals surface area contributed by atoms with E-state index in [2.05, 4.69) is 10.3 Å². The van der Waals surface area contributed by atoms with Gasteiger partial charge >= 0.3 is 5.97 Å². The number of aromatic nitrogens is 1. The summed E-state index contributed by atoms with van der Waals surface area (Å²) in [5.74, 6) is -1.74. The number of carbonyl (C=O) groups excluding carboxylic acids is 1. The zero-order valence-electron chi connectivity index (χ0n) is 10.7. The second kappa shape index (κ2) is 6.42. The monoisotopic (exact) mass is 298 g/mol. The zero-order chi connectivity index (χ0) is 14.5. The van der Waals surface area contributed by atoms with Crippen molar-refractivity contribution in [2.75, 3.05) is 11.9 Å². The Morgan fingerprint density at radius 2 is 2.25 bits per heavy atom. The van der Waals surface area contributed by atoms with Gasteiger partial charge in [-0.25, -0.2) is 18.6 Å². The van der Waals surface area contributed by atoms with Crippen LogP contribution in [0.25, 0.3) is 0 Å². The fourth-order valence-corrected chi connectivity index (χ4v) is 2.17. The van der Waals surface area contributed by atoms with Gasteiger partial charge in [-0.1, -0.05) is 6.07 Å². The standard InChI is InChI=1S/C13H12F2N2O2S/c1-2-19-12(18)11-7-20-13(17-11)16-6-8-3-4-9(14)5-10(8)15/h3-5,7H,2,6H2,1H3,(H,16,17). The summed E-state index contributed by atoms with van der Waals surface area (Å²) >= 11 is 1.21. The lowest BCUT2D eigenvalue weighted by Crippen LogP contribution is -2.06. The van der Waals surface area contributed by atoms with Crippen LogP contribution in [0, 0.1) is 11.6 Å². The van der Waals surface area contributed by atoms with Crippen LogP contribution in [0.2, 0.25) is 0 Å². The van der Waals surface area contributed by atoms with Gasteiger partial charge in [0.05, 0.1) is 6.61 Å². The highest BCUT2D eigenvalue weighted by Crippen LogP contribution is 2.18. The Morgan fingerprint density at radius 3 is 2.95 bits per heavy atom. The second-order valence-electron chi connectivity index (χ2n) is 3.85. The highest BCUT2D eigenvalue weighted by atomic mass is 32.1. The minimum absolute atomic E-state index is 0.155. The van der Waals surface area contributed by atoms with Crippen LogP contribution in [0.15, 0.2) is 23.6 Å². The molecule has 1 aromatic heterocycles. The van der Waals surface area contributed by atoms with Crippen molar-refractivity contribution in [3.63, 3.8) is 0 Å². The molecule has 0 aliphatic rings. The fraction of sp³-hybridized carbons (Fsp3) is 0.231. The van der Waals surface area contributed by atoms with Crippen LogP contribution >= 0.6 is 11.3 Å². The molecule has 0 radical (unpaired) electrons. The molecule has 0 aliphatic carbocycles. The Bertz CT molecular complexity index is 616. The average molecular weight is 298 g/mol. The second-order valence-corrected chi connectivity index (χ2v) is 4.71. The molecule has 1 heterocycles. The molecule has 1 N–H and O–H groups in total. The molecule has 0 aliphatic heterocycles. The number of hydrogen-bond acceptors (Lipinski definition) is 5. The van der Waals surface area contributed by atoms with Crippen LogP contribution in [0.4, 0.5) is 13.9 Å². The molecule has 0 bridgehead atoms. The van der Waals surface area contributed by atoms with Gasteiger partial charge < -0.3 is 10.1 Å². The number of carbonyl (C=O) groups is 1. The van der Waals surface area contributed by atoms with E-state index in [0.29, 0.717) is 10.7 Å². The number of hydrogen-bond donors (Lipinski definition) is 1. The molecule has 0 unspecified atom stereocenters. The molecule has 0 saturated carbocycles. The van der Waals surface area contributed by atoms with Crippen molar-refractivity contribution in [2.45, 2.75) is 13.5 Å². The Labute approximate surface area is 118 Å². The molecule has 0 atom stereocenters. The van der Waals surface area contributed by atoms with Crippen LogP contribution in [0.1, 0.15) is 23.0 Å². The minimum atomic E-state index is -0.625. The highest BCUT2D eigenvalue weighted by Gasteiger charge is 2.11. The van der Waals surface area contributed by atoms with Crippen molar-refractivity contribution in [1.82, 2.24) is 4.98 Å². The quantitative estimate of drug-likeness (QED) is 0.861. The largest absolute Gasteiger partial charge is 0.461 e. The summed E-state index contributed by atoms with van der Waals surface area (Å²) in [5.41, 5.74) is 0.526. The van der Waals surface area contributed by atoms with Crippen molar-refractivity contribution in [3.8, 4) is 0 Å². The maximum atomic E-state index is 13.4. The SMILES string of the molecule is CCOC(=O)c1csc(NCc2ccc(F)cc2F)n1. The van der Waals surface area contributed by atoms with Crippen LogP contribution < -0.4 is 5.32 Å². The Balaban J connectivity index is 1.99.